The number of carbonyl (C=O) groups is 1. The van der Waals surface area contributed by atoms with E-state index in [9.17, 15) is 4.79 Å². The Labute approximate surface area is 117 Å². The molecule has 1 aliphatic rings. The zero-order chi connectivity index (χ0) is 14.1. The van der Waals surface area contributed by atoms with E-state index in [1.807, 2.05) is 13.0 Å². The van der Waals surface area contributed by atoms with Gasteiger partial charge in [-0.1, -0.05) is 6.92 Å². The van der Waals surface area contributed by atoms with Crippen molar-refractivity contribution in [1.29, 1.82) is 0 Å². The van der Waals surface area contributed by atoms with Gasteiger partial charge in [0.25, 0.3) is 5.91 Å². The average molecular weight is 273 g/mol. The van der Waals surface area contributed by atoms with E-state index < -0.39 is 0 Å². The molecule has 0 saturated carbocycles. The lowest BCUT2D eigenvalue weighted by atomic mass is 9.94. The molecule has 0 spiro atoms. The first-order chi connectivity index (χ1) is 9.65. The number of pyridine rings is 1. The monoisotopic (exact) mass is 273 g/mol. The topological polar surface area (TPSA) is 82.7 Å². The van der Waals surface area contributed by atoms with E-state index in [0.29, 0.717) is 17.1 Å². The maximum absolute atomic E-state index is 12.3. The first-order valence-electron chi connectivity index (χ1n) is 6.97. The molecule has 6 heteroatoms. The zero-order valence-electron chi connectivity index (χ0n) is 11.7. The molecule has 0 aliphatic carbocycles. The molecule has 1 saturated heterocycles. The summed E-state index contributed by atoms with van der Waals surface area (Å²) < 4.78 is 0. The van der Waals surface area contributed by atoms with Gasteiger partial charge in [0.05, 0.1) is 5.56 Å². The van der Waals surface area contributed by atoms with Crippen LogP contribution in [0.1, 0.15) is 29.4 Å². The van der Waals surface area contributed by atoms with Crippen LogP contribution in [0.5, 0.6) is 0 Å². The highest BCUT2D eigenvalue weighted by Crippen LogP contribution is 2.16. The number of carbonyl (C=O) groups excluding carboxylic acids is 1. The van der Waals surface area contributed by atoms with Crippen molar-refractivity contribution in [2.24, 2.45) is 5.92 Å². The quantitative estimate of drug-likeness (QED) is 0.762. The summed E-state index contributed by atoms with van der Waals surface area (Å²) in [6, 6.07) is 2.02. The molecule has 0 aromatic carbocycles. The molecule has 0 bridgehead atoms. The Kier molecular flexibility index (Phi) is 3.40. The van der Waals surface area contributed by atoms with Crippen LogP contribution in [0.2, 0.25) is 0 Å². The van der Waals surface area contributed by atoms with Gasteiger partial charge in [0.2, 0.25) is 0 Å². The van der Waals surface area contributed by atoms with Gasteiger partial charge in [0, 0.05) is 29.9 Å². The molecule has 106 valence electrons. The molecule has 2 aromatic heterocycles. The fraction of sp³-hybridized carbons (Fsp3) is 0.500. The number of amides is 1. The first kappa shape index (κ1) is 13.1. The highest BCUT2D eigenvalue weighted by atomic mass is 16.1. The average Bonchev–Trinajstić information content (AvgIpc) is 2.82. The normalized spacial score (nSPS) is 22.9. The molecule has 3 heterocycles. The predicted octanol–water partition coefficient (Wildman–Crippen LogP) is 0.994. The van der Waals surface area contributed by atoms with E-state index in [1.165, 1.54) is 0 Å². The number of nitrogens with one attached hydrogen (secondary N) is 3. The second-order valence-electron chi connectivity index (χ2n) is 5.49. The van der Waals surface area contributed by atoms with Crippen LogP contribution in [0, 0.1) is 12.8 Å². The summed E-state index contributed by atoms with van der Waals surface area (Å²) >= 11 is 0. The van der Waals surface area contributed by atoms with Crippen molar-refractivity contribution < 1.29 is 4.79 Å². The smallest absolute Gasteiger partial charge is 0.253 e. The molecule has 2 unspecified atom stereocenters. The van der Waals surface area contributed by atoms with Crippen LogP contribution in [-0.2, 0) is 0 Å². The maximum Gasteiger partial charge on any atom is 0.253 e. The van der Waals surface area contributed by atoms with E-state index in [4.69, 9.17) is 0 Å². The third kappa shape index (κ3) is 2.38. The summed E-state index contributed by atoms with van der Waals surface area (Å²) in [7, 11) is 0. The van der Waals surface area contributed by atoms with Crippen LogP contribution in [-0.4, -0.2) is 40.2 Å². The number of hydrogen-bond donors (Lipinski definition) is 3. The van der Waals surface area contributed by atoms with E-state index >= 15 is 0 Å². The van der Waals surface area contributed by atoms with Gasteiger partial charge in [-0.05, 0) is 31.9 Å². The number of piperidine rings is 1. The highest BCUT2D eigenvalue weighted by molar-refractivity contribution is 5.97. The predicted molar refractivity (Wildman–Crippen MR) is 76.5 cm³/mol. The molecule has 2 atom stereocenters. The lowest BCUT2D eigenvalue weighted by Crippen LogP contribution is -2.50. The van der Waals surface area contributed by atoms with E-state index in [0.717, 1.165) is 30.6 Å². The van der Waals surface area contributed by atoms with Crippen molar-refractivity contribution in [2.75, 3.05) is 13.1 Å². The van der Waals surface area contributed by atoms with Crippen molar-refractivity contribution in [3.63, 3.8) is 0 Å². The fourth-order valence-corrected chi connectivity index (χ4v) is 2.58. The SMILES string of the molecule is Cc1[nH]nc2ncc(C(=O)NC3CNCCC3C)cc12. The molecule has 0 radical (unpaired) electrons. The van der Waals surface area contributed by atoms with Crippen molar-refractivity contribution in [1.82, 2.24) is 25.8 Å². The van der Waals surface area contributed by atoms with Crippen molar-refractivity contribution in [3.8, 4) is 0 Å². The Morgan fingerprint density at radius 1 is 1.50 bits per heavy atom. The van der Waals surface area contributed by atoms with Gasteiger partial charge >= 0.3 is 0 Å². The van der Waals surface area contributed by atoms with Gasteiger partial charge < -0.3 is 10.6 Å². The van der Waals surface area contributed by atoms with Crippen molar-refractivity contribution in [2.45, 2.75) is 26.3 Å². The summed E-state index contributed by atoms with van der Waals surface area (Å²) in [5.74, 6) is 0.424. The Balaban J connectivity index is 1.79. The van der Waals surface area contributed by atoms with Crippen LogP contribution in [0.15, 0.2) is 12.3 Å². The molecule has 1 fully saturated rings. The van der Waals surface area contributed by atoms with Gasteiger partial charge in [-0.3, -0.25) is 9.89 Å². The van der Waals surface area contributed by atoms with E-state index in [2.05, 4.69) is 32.7 Å². The molecule has 20 heavy (non-hydrogen) atoms. The summed E-state index contributed by atoms with van der Waals surface area (Å²) in [6.45, 7) is 5.95. The zero-order valence-corrected chi connectivity index (χ0v) is 11.7. The van der Waals surface area contributed by atoms with Gasteiger partial charge in [0.15, 0.2) is 5.65 Å². The van der Waals surface area contributed by atoms with Crippen molar-refractivity contribution >= 4 is 16.9 Å². The van der Waals surface area contributed by atoms with Crippen LogP contribution >= 0.6 is 0 Å². The summed E-state index contributed by atoms with van der Waals surface area (Å²) in [5.41, 5.74) is 2.15. The van der Waals surface area contributed by atoms with Gasteiger partial charge in [0.1, 0.15) is 0 Å². The molecule has 3 N–H and O–H groups in total. The van der Waals surface area contributed by atoms with Crippen LogP contribution in [0.4, 0.5) is 0 Å². The first-order valence-corrected chi connectivity index (χ1v) is 6.97. The molecule has 3 rings (SSSR count). The standard InChI is InChI=1S/C14H19N5O/c1-8-3-4-15-7-12(8)17-14(20)10-5-11-9(2)18-19-13(11)16-6-10/h5-6,8,12,15H,3-4,7H2,1-2H3,(H,17,20)(H,16,18,19). The van der Waals surface area contributed by atoms with Crippen molar-refractivity contribution in [3.05, 3.63) is 23.5 Å². The highest BCUT2D eigenvalue weighted by Gasteiger charge is 2.23. The van der Waals surface area contributed by atoms with E-state index in [-0.39, 0.29) is 11.9 Å². The third-order valence-electron chi connectivity index (χ3n) is 4.01. The Morgan fingerprint density at radius 3 is 3.15 bits per heavy atom. The number of aromatic nitrogens is 3. The molecular formula is C14H19N5O. The summed E-state index contributed by atoms with van der Waals surface area (Å²) in [6.07, 6.45) is 2.67. The maximum atomic E-state index is 12.3. The van der Waals surface area contributed by atoms with Gasteiger partial charge in [-0.2, -0.15) is 5.10 Å². The Bertz CT molecular complexity index is 636. The molecule has 2 aromatic rings. The number of H-pyrrole nitrogens is 1. The van der Waals surface area contributed by atoms with E-state index in [1.54, 1.807) is 6.20 Å². The van der Waals surface area contributed by atoms with Crippen LogP contribution in [0.3, 0.4) is 0 Å². The molecule has 1 aliphatic heterocycles. The lowest BCUT2D eigenvalue weighted by Gasteiger charge is -2.30. The second-order valence-corrected chi connectivity index (χ2v) is 5.49. The second kappa shape index (κ2) is 5.20. The largest absolute Gasteiger partial charge is 0.348 e. The fourth-order valence-electron chi connectivity index (χ4n) is 2.58. The molecule has 6 nitrogen and oxygen atoms in total. The Morgan fingerprint density at radius 2 is 2.35 bits per heavy atom. The minimum absolute atomic E-state index is 0.0689. The van der Waals surface area contributed by atoms with Gasteiger partial charge in [-0.15, -0.1) is 0 Å². The molecule has 1 amide bonds. The number of hydrogen-bond acceptors (Lipinski definition) is 4. The number of rotatable bonds is 2. The molecular weight excluding hydrogens is 254 g/mol. The van der Waals surface area contributed by atoms with Crippen LogP contribution < -0.4 is 10.6 Å². The minimum atomic E-state index is -0.0689. The lowest BCUT2D eigenvalue weighted by molar-refractivity contribution is 0.0915. The minimum Gasteiger partial charge on any atom is -0.348 e. The Hall–Kier alpha value is -1.95. The third-order valence-corrected chi connectivity index (χ3v) is 4.01. The number of fused-ring (bicyclic) bond motifs is 1. The number of nitrogens with zero attached hydrogens (tertiary/aromatic N) is 2. The number of aryl methyl sites for hydroxylation is 1. The van der Waals surface area contributed by atoms with Crippen LogP contribution in [0.25, 0.3) is 11.0 Å². The summed E-state index contributed by atoms with van der Waals surface area (Å²) in [4.78, 5) is 16.5. The summed E-state index contributed by atoms with van der Waals surface area (Å²) in [5, 5.41) is 14.2. The van der Waals surface area contributed by atoms with Gasteiger partial charge in [-0.25, -0.2) is 4.98 Å². The number of aromatic amines is 1.